The lowest BCUT2D eigenvalue weighted by Gasteiger charge is -2.11. The number of benzene rings is 3. The Bertz CT molecular complexity index is 1300. The number of fused-ring (bicyclic) bond motifs is 1. The van der Waals surface area contributed by atoms with E-state index in [1.54, 1.807) is 42.5 Å². The quantitative estimate of drug-likeness (QED) is 0.261. The van der Waals surface area contributed by atoms with E-state index in [2.05, 4.69) is 5.32 Å². The first kappa shape index (κ1) is 24.8. The minimum Gasteiger partial charge on any atom is -0.493 e. The van der Waals surface area contributed by atoms with E-state index in [0.717, 1.165) is 10.8 Å². The number of carbonyl (C=O) groups is 1. The molecule has 32 heavy (non-hydrogen) atoms. The SMILES string of the molecule is Nc1ccc(C(=O)Nc2ccc3cccc(OCCCS(=O)(=O)O)c3c2)cc1.O=S(=O)=O. The van der Waals surface area contributed by atoms with Gasteiger partial charge in [0.25, 0.3) is 16.0 Å². The zero-order valence-electron chi connectivity index (χ0n) is 16.6. The van der Waals surface area contributed by atoms with Crippen LogP contribution < -0.4 is 15.8 Å². The average molecular weight is 481 g/mol. The summed E-state index contributed by atoms with van der Waals surface area (Å²) >= 11 is 0. The zero-order valence-corrected chi connectivity index (χ0v) is 18.2. The molecule has 3 rings (SSSR count). The Hall–Kier alpha value is -3.48. The summed E-state index contributed by atoms with van der Waals surface area (Å²) in [5.74, 6) is -0.0527. The minimum atomic E-state index is -4.01. The van der Waals surface area contributed by atoms with Gasteiger partial charge in [-0.2, -0.15) is 8.42 Å². The molecule has 0 aromatic heterocycles. The molecule has 0 aliphatic heterocycles. The van der Waals surface area contributed by atoms with Crippen molar-refractivity contribution in [2.45, 2.75) is 6.42 Å². The van der Waals surface area contributed by atoms with Crippen molar-refractivity contribution in [1.29, 1.82) is 0 Å². The molecular weight excluding hydrogens is 460 g/mol. The van der Waals surface area contributed by atoms with Gasteiger partial charge < -0.3 is 15.8 Å². The molecule has 0 spiro atoms. The van der Waals surface area contributed by atoms with Gasteiger partial charge in [-0.15, -0.1) is 12.6 Å². The van der Waals surface area contributed by atoms with Crippen molar-refractivity contribution >= 4 is 48.8 Å². The molecule has 10 nitrogen and oxygen atoms in total. The number of nitrogens with one attached hydrogen (secondary N) is 1. The van der Waals surface area contributed by atoms with Crippen LogP contribution in [0.4, 0.5) is 11.4 Å². The normalized spacial score (nSPS) is 10.7. The third-order valence-electron chi connectivity index (χ3n) is 4.08. The van der Waals surface area contributed by atoms with Crippen molar-refractivity contribution in [2.24, 2.45) is 0 Å². The summed E-state index contributed by atoms with van der Waals surface area (Å²) in [5, 5.41) is 4.53. The Morgan fingerprint density at radius 2 is 1.69 bits per heavy atom. The van der Waals surface area contributed by atoms with Crippen molar-refractivity contribution in [3.05, 3.63) is 66.2 Å². The molecule has 4 N–H and O–H groups in total. The number of carbonyl (C=O) groups excluding carboxylic acids is 1. The molecule has 0 saturated heterocycles. The van der Waals surface area contributed by atoms with Crippen molar-refractivity contribution in [2.75, 3.05) is 23.4 Å². The van der Waals surface area contributed by atoms with Crippen LogP contribution in [0.5, 0.6) is 5.75 Å². The van der Waals surface area contributed by atoms with Gasteiger partial charge in [0.1, 0.15) is 5.75 Å². The van der Waals surface area contributed by atoms with Gasteiger partial charge in [0, 0.05) is 22.3 Å². The van der Waals surface area contributed by atoms with Gasteiger partial charge in [0.05, 0.1) is 12.4 Å². The third kappa shape index (κ3) is 8.34. The van der Waals surface area contributed by atoms with Crippen molar-refractivity contribution in [1.82, 2.24) is 0 Å². The predicted octanol–water partition coefficient (Wildman–Crippen LogP) is 2.33. The fraction of sp³-hybridized carbons (Fsp3) is 0.150. The van der Waals surface area contributed by atoms with Crippen LogP contribution in [0.2, 0.25) is 0 Å². The van der Waals surface area contributed by atoms with E-state index in [9.17, 15) is 13.2 Å². The van der Waals surface area contributed by atoms with Gasteiger partial charge in [-0.05, 0) is 54.3 Å². The number of nitrogens with two attached hydrogens (primary N) is 1. The molecule has 0 bridgehead atoms. The highest BCUT2D eigenvalue weighted by Gasteiger charge is 2.09. The molecule has 1 amide bonds. The van der Waals surface area contributed by atoms with Crippen LogP contribution in [0.25, 0.3) is 10.8 Å². The predicted molar refractivity (Wildman–Crippen MR) is 119 cm³/mol. The first-order chi connectivity index (χ1) is 15.0. The van der Waals surface area contributed by atoms with E-state index in [1.807, 2.05) is 18.2 Å². The number of anilines is 2. The summed E-state index contributed by atoms with van der Waals surface area (Å²) in [6.45, 7) is 0.140. The summed E-state index contributed by atoms with van der Waals surface area (Å²) in [7, 11) is -7.12. The van der Waals surface area contributed by atoms with Crippen LogP contribution in [0.3, 0.4) is 0 Å². The smallest absolute Gasteiger partial charge is 0.425 e. The van der Waals surface area contributed by atoms with Gasteiger partial charge in [0.2, 0.25) is 0 Å². The molecule has 3 aromatic carbocycles. The van der Waals surface area contributed by atoms with E-state index in [4.69, 9.17) is 27.6 Å². The Labute approximate surface area is 185 Å². The molecule has 3 aromatic rings. The lowest BCUT2D eigenvalue weighted by Crippen LogP contribution is -2.11. The van der Waals surface area contributed by atoms with E-state index in [-0.39, 0.29) is 24.7 Å². The monoisotopic (exact) mass is 480 g/mol. The van der Waals surface area contributed by atoms with Gasteiger partial charge in [-0.25, -0.2) is 0 Å². The molecule has 0 unspecified atom stereocenters. The second-order valence-electron chi connectivity index (χ2n) is 6.46. The number of hydrogen-bond donors (Lipinski definition) is 3. The van der Waals surface area contributed by atoms with Gasteiger partial charge in [0.15, 0.2) is 0 Å². The van der Waals surface area contributed by atoms with E-state index < -0.39 is 20.7 Å². The second-order valence-corrected chi connectivity index (χ2v) is 8.44. The molecule has 12 heteroatoms. The highest BCUT2D eigenvalue weighted by molar-refractivity contribution is 7.85. The average Bonchev–Trinajstić information content (AvgIpc) is 2.70. The molecule has 0 radical (unpaired) electrons. The van der Waals surface area contributed by atoms with Crippen LogP contribution in [-0.4, -0.2) is 43.9 Å². The first-order valence-electron chi connectivity index (χ1n) is 9.09. The van der Waals surface area contributed by atoms with Crippen molar-refractivity contribution in [3.8, 4) is 5.75 Å². The molecular formula is C20H20N2O8S2. The van der Waals surface area contributed by atoms with Crippen LogP contribution in [-0.2, 0) is 20.7 Å². The van der Waals surface area contributed by atoms with Crippen LogP contribution in [0.1, 0.15) is 16.8 Å². The highest BCUT2D eigenvalue weighted by Crippen LogP contribution is 2.28. The number of rotatable bonds is 7. The lowest BCUT2D eigenvalue weighted by atomic mass is 10.1. The molecule has 0 saturated carbocycles. The number of ether oxygens (including phenoxy) is 1. The molecule has 170 valence electrons. The van der Waals surface area contributed by atoms with Gasteiger partial charge in [-0.1, -0.05) is 18.2 Å². The lowest BCUT2D eigenvalue weighted by molar-refractivity contribution is 0.102. The van der Waals surface area contributed by atoms with Gasteiger partial charge in [-0.3, -0.25) is 9.35 Å². The summed E-state index contributed by atoms with van der Waals surface area (Å²) in [4.78, 5) is 12.4. The zero-order chi connectivity index (χ0) is 23.7. The van der Waals surface area contributed by atoms with E-state index >= 15 is 0 Å². The Morgan fingerprint density at radius 1 is 1.03 bits per heavy atom. The van der Waals surface area contributed by atoms with Crippen LogP contribution in [0, 0.1) is 0 Å². The fourth-order valence-electron chi connectivity index (χ4n) is 2.71. The second kappa shape index (κ2) is 11.2. The highest BCUT2D eigenvalue weighted by atomic mass is 32.2. The molecule has 0 aliphatic carbocycles. The standard InChI is InChI=1S/C20H20N2O5S.O3S/c21-16-8-5-15(6-9-16)20(23)22-17-10-7-14-3-1-4-19(18(14)13-17)27-11-2-12-28(24,25)26;1-4(2)3/h1,3-10,13H,2,11-12,21H2,(H,22,23)(H,24,25,26);. The molecule has 0 fully saturated rings. The van der Waals surface area contributed by atoms with Gasteiger partial charge >= 0.3 is 10.6 Å². The Morgan fingerprint density at radius 3 is 2.31 bits per heavy atom. The van der Waals surface area contributed by atoms with Crippen LogP contribution in [0.15, 0.2) is 60.7 Å². The molecule has 0 aliphatic rings. The maximum atomic E-state index is 12.4. The van der Waals surface area contributed by atoms with Crippen molar-refractivity contribution in [3.63, 3.8) is 0 Å². The summed E-state index contributed by atoms with van der Waals surface area (Å²) < 4.78 is 61.4. The molecule has 0 heterocycles. The topological polar surface area (TPSA) is 170 Å². The maximum Gasteiger partial charge on any atom is 0.425 e. The Balaban J connectivity index is 0.000000837. The number of hydrogen-bond acceptors (Lipinski definition) is 8. The largest absolute Gasteiger partial charge is 0.493 e. The first-order valence-corrected chi connectivity index (χ1v) is 11.7. The maximum absolute atomic E-state index is 12.4. The van der Waals surface area contributed by atoms with E-state index in [1.165, 1.54) is 0 Å². The summed E-state index contributed by atoms with van der Waals surface area (Å²) in [6, 6.07) is 17.6. The molecule has 0 atom stereocenters. The minimum absolute atomic E-state index is 0.140. The number of amides is 1. The Kier molecular flexibility index (Phi) is 8.70. The summed E-state index contributed by atoms with van der Waals surface area (Å²) in [5.41, 5.74) is 7.31. The third-order valence-corrected chi connectivity index (χ3v) is 4.88. The van der Waals surface area contributed by atoms with Crippen LogP contribution >= 0.6 is 0 Å². The van der Waals surface area contributed by atoms with Crippen molar-refractivity contribution < 1.29 is 35.1 Å². The number of nitrogen functional groups attached to an aromatic ring is 1. The van der Waals surface area contributed by atoms with E-state index in [0.29, 0.717) is 22.7 Å². The fourth-order valence-corrected chi connectivity index (χ4v) is 3.19. The summed E-state index contributed by atoms with van der Waals surface area (Å²) in [6.07, 6.45) is 0.169.